The van der Waals surface area contributed by atoms with Crippen molar-refractivity contribution < 1.29 is 28.8 Å². The summed E-state index contributed by atoms with van der Waals surface area (Å²) in [7, 11) is 1.45. The van der Waals surface area contributed by atoms with Crippen LogP contribution in [0.3, 0.4) is 0 Å². The van der Waals surface area contributed by atoms with Gasteiger partial charge < -0.3 is 19.3 Å². The van der Waals surface area contributed by atoms with E-state index < -0.39 is 23.4 Å². The number of nitro groups is 1. The van der Waals surface area contributed by atoms with Gasteiger partial charge in [-0.2, -0.15) is 0 Å². The van der Waals surface area contributed by atoms with Crippen LogP contribution < -0.4 is 0 Å². The number of carbonyl (C=O) groups excluding carboxylic acids is 3. The van der Waals surface area contributed by atoms with Gasteiger partial charge in [0.1, 0.15) is 0 Å². The third-order valence-electron chi connectivity index (χ3n) is 3.99. The van der Waals surface area contributed by atoms with Crippen LogP contribution in [0.4, 0.5) is 5.69 Å². The molecule has 0 atom stereocenters. The molecule has 0 spiro atoms. The molecule has 1 fully saturated rings. The van der Waals surface area contributed by atoms with Crippen molar-refractivity contribution in [3.63, 3.8) is 0 Å². The smallest absolute Gasteiger partial charge is 0.331 e. The predicted octanol–water partition coefficient (Wildman–Crippen LogP) is 0.468. The van der Waals surface area contributed by atoms with Crippen LogP contribution >= 0.6 is 0 Å². The first-order chi connectivity index (χ1) is 13.4. The van der Waals surface area contributed by atoms with Crippen LogP contribution in [0.5, 0.6) is 0 Å². The molecule has 1 saturated heterocycles. The number of nitro benzene ring substituents is 1. The molecule has 1 aromatic carbocycles. The standard InChI is InChI=1S/C18H21N3O7/c1-19(12-16(22)20-7-9-27-10-8-20)17(23)13-28-18(24)6-5-14-3-2-4-15(11-14)21(25)26/h2-6,11H,7-10,12-13H2,1H3/b6-5+. The van der Waals surface area contributed by atoms with Crippen molar-refractivity contribution in [1.82, 2.24) is 9.80 Å². The number of benzene rings is 1. The molecule has 0 N–H and O–H groups in total. The highest BCUT2D eigenvalue weighted by atomic mass is 16.6. The van der Waals surface area contributed by atoms with Crippen LogP contribution in [0, 0.1) is 10.1 Å². The fourth-order valence-electron chi connectivity index (χ4n) is 2.40. The van der Waals surface area contributed by atoms with Crippen molar-refractivity contribution >= 4 is 29.5 Å². The van der Waals surface area contributed by atoms with Crippen LogP contribution in [-0.2, 0) is 23.9 Å². The van der Waals surface area contributed by atoms with E-state index in [-0.39, 0.29) is 18.1 Å². The highest BCUT2D eigenvalue weighted by molar-refractivity contribution is 5.90. The summed E-state index contributed by atoms with van der Waals surface area (Å²) >= 11 is 0. The van der Waals surface area contributed by atoms with E-state index in [2.05, 4.69) is 0 Å². The Morgan fingerprint density at radius 3 is 2.71 bits per heavy atom. The number of non-ortho nitro benzene ring substituents is 1. The van der Waals surface area contributed by atoms with Gasteiger partial charge in [0.15, 0.2) is 6.61 Å². The first kappa shape index (κ1) is 21.0. The molecule has 0 unspecified atom stereocenters. The second-order valence-corrected chi connectivity index (χ2v) is 6.04. The van der Waals surface area contributed by atoms with E-state index in [4.69, 9.17) is 9.47 Å². The molecular formula is C18H21N3O7. The molecule has 0 radical (unpaired) electrons. The number of likely N-dealkylation sites (N-methyl/N-ethyl adjacent to an activating group) is 1. The lowest BCUT2D eigenvalue weighted by Crippen LogP contribution is -2.46. The highest BCUT2D eigenvalue weighted by Crippen LogP contribution is 2.14. The summed E-state index contributed by atoms with van der Waals surface area (Å²) in [5, 5.41) is 10.7. The molecule has 10 nitrogen and oxygen atoms in total. The quantitative estimate of drug-likeness (QED) is 0.287. The number of hydrogen-bond acceptors (Lipinski definition) is 7. The number of nitrogens with zero attached hydrogens (tertiary/aromatic N) is 3. The molecule has 150 valence electrons. The molecule has 2 rings (SSSR count). The molecule has 1 aliphatic heterocycles. The van der Waals surface area contributed by atoms with Gasteiger partial charge in [-0.3, -0.25) is 19.7 Å². The molecule has 28 heavy (non-hydrogen) atoms. The van der Waals surface area contributed by atoms with E-state index >= 15 is 0 Å². The van der Waals surface area contributed by atoms with E-state index in [0.717, 1.165) is 6.08 Å². The summed E-state index contributed by atoms with van der Waals surface area (Å²) in [4.78, 5) is 48.8. The first-order valence-corrected chi connectivity index (χ1v) is 8.55. The fraction of sp³-hybridized carbons (Fsp3) is 0.389. The molecular weight excluding hydrogens is 370 g/mol. The molecule has 0 aromatic heterocycles. The minimum atomic E-state index is -0.771. The Kier molecular flexibility index (Phi) is 7.64. The summed E-state index contributed by atoms with van der Waals surface area (Å²) in [6, 6.07) is 5.72. The Bertz CT molecular complexity index is 772. The summed E-state index contributed by atoms with van der Waals surface area (Å²) in [6.45, 7) is 1.29. The van der Waals surface area contributed by atoms with Gasteiger partial charge in [-0.15, -0.1) is 0 Å². The maximum absolute atomic E-state index is 12.1. The Balaban J connectivity index is 1.78. The zero-order chi connectivity index (χ0) is 20.5. The van der Waals surface area contributed by atoms with Gasteiger partial charge in [-0.1, -0.05) is 12.1 Å². The maximum Gasteiger partial charge on any atom is 0.331 e. The van der Waals surface area contributed by atoms with Crippen molar-refractivity contribution in [2.75, 3.05) is 46.5 Å². The summed E-state index contributed by atoms with van der Waals surface area (Å²) in [6.07, 6.45) is 2.43. The largest absolute Gasteiger partial charge is 0.452 e. The number of morpholine rings is 1. The zero-order valence-corrected chi connectivity index (χ0v) is 15.4. The maximum atomic E-state index is 12.1. The van der Waals surface area contributed by atoms with Crippen LogP contribution in [0.1, 0.15) is 5.56 Å². The van der Waals surface area contributed by atoms with Gasteiger partial charge in [-0.05, 0) is 11.6 Å². The summed E-state index contributed by atoms with van der Waals surface area (Å²) in [5.74, 6) is -1.48. The van der Waals surface area contributed by atoms with Gasteiger partial charge in [0.05, 0.1) is 24.7 Å². The normalized spacial score (nSPS) is 14.0. The lowest BCUT2D eigenvalue weighted by atomic mass is 10.2. The SMILES string of the molecule is CN(CC(=O)N1CCOCC1)C(=O)COC(=O)/C=C/c1cccc([N+](=O)[O-])c1. The van der Waals surface area contributed by atoms with Gasteiger partial charge in [0.25, 0.3) is 11.6 Å². The Labute approximate surface area is 161 Å². The van der Waals surface area contributed by atoms with Gasteiger partial charge >= 0.3 is 5.97 Å². The highest BCUT2D eigenvalue weighted by Gasteiger charge is 2.20. The Morgan fingerprint density at radius 1 is 1.32 bits per heavy atom. The molecule has 10 heteroatoms. The van der Waals surface area contributed by atoms with Crippen molar-refractivity contribution in [2.24, 2.45) is 0 Å². The van der Waals surface area contributed by atoms with E-state index in [9.17, 15) is 24.5 Å². The molecule has 2 amide bonds. The fourth-order valence-corrected chi connectivity index (χ4v) is 2.40. The Hall–Kier alpha value is -3.27. The third-order valence-corrected chi connectivity index (χ3v) is 3.99. The van der Waals surface area contributed by atoms with Crippen LogP contribution in [0.2, 0.25) is 0 Å². The topological polar surface area (TPSA) is 119 Å². The van der Waals surface area contributed by atoms with E-state index in [1.54, 1.807) is 11.0 Å². The second kappa shape index (κ2) is 10.2. The zero-order valence-electron chi connectivity index (χ0n) is 15.4. The number of esters is 1. The molecule has 1 aliphatic rings. The van der Waals surface area contributed by atoms with Crippen LogP contribution in [0.15, 0.2) is 30.3 Å². The number of rotatable bonds is 7. The number of ether oxygens (including phenoxy) is 2. The van der Waals surface area contributed by atoms with E-state index in [0.29, 0.717) is 31.9 Å². The average molecular weight is 391 g/mol. The summed E-state index contributed by atoms with van der Waals surface area (Å²) < 4.78 is 10.0. The molecule has 1 aromatic rings. The Morgan fingerprint density at radius 2 is 2.04 bits per heavy atom. The lowest BCUT2D eigenvalue weighted by Gasteiger charge is -2.28. The number of amides is 2. The lowest BCUT2D eigenvalue weighted by molar-refractivity contribution is -0.384. The van der Waals surface area contributed by atoms with E-state index in [1.807, 2.05) is 0 Å². The number of carbonyl (C=O) groups is 3. The van der Waals surface area contributed by atoms with Gasteiger partial charge in [0, 0.05) is 38.3 Å². The van der Waals surface area contributed by atoms with Crippen molar-refractivity contribution in [3.8, 4) is 0 Å². The molecule has 0 saturated carbocycles. The molecule has 1 heterocycles. The second-order valence-electron chi connectivity index (χ2n) is 6.04. The van der Waals surface area contributed by atoms with Gasteiger partial charge in [-0.25, -0.2) is 4.79 Å². The third kappa shape index (κ3) is 6.47. The van der Waals surface area contributed by atoms with Gasteiger partial charge in [0.2, 0.25) is 5.91 Å². The van der Waals surface area contributed by atoms with Crippen molar-refractivity contribution in [1.29, 1.82) is 0 Å². The van der Waals surface area contributed by atoms with Crippen molar-refractivity contribution in [3.05, 3.63) is 46.0 Å². The van der Waals surface area contributed by atoms with Crippen molar-refractivity contribution in [2.45, 2.75) is 0 Å². The first-order valence-electron chi connectivity index (χ1n) is 8.55. The predicted molar refractivity (Wildman–Crippen MR) is 98.1 cm³/mol. The minimum Gasteiger partial charge on any atom is -0.452 e. The molecule has 0 aliphatic carbocycles. The molecule has 0 bridgehead atoms. The van der Waals surface area contributed by atoms with E-state index in [1.165, 1.54) is 36.2 Å². The monoisotopic (exact) mass is 391 g/mol. The number of hydrogen-bond donors (Lipinski definition) is 0. The minimum absolute atomic E-state index is 0.0998. The van der Waals surface area contributed by atoms with Crippen LogP contribution in [-0.4, -0.2) is 79.0 Å². The average Bonchev–Trinajstić information content (AvgIpc) is 2.71. The summed E-state index contributed by atoms with van der Waals surface area (Å²) in [5.41, 5.74) is 0.350. The van der Waals surface area contributed by atoms with Crippen LogP contribution in [0.25, 0.3) is 6.08 Å².